The topological polar surface area (TPSA) is 103 Å². The molecule has 0 aliphatic carbocycles. The van der Waals surface area contributed by atoms with E-state index in [0.717, 1.165) is 10.2 Å². The Morgan fingerprint density at radius 1 is 1.25 bits per heavy atom. The van der Waals surface area contributed by atoms with Crippen molar-refractivity contribution in [2.24, 2.45) is 5.10 Å². The van der Waals surface area contributed by atoms with E-state index in [1.807, 2.05) is 24.3 Å². The van der Waals surface area contributed by atoms with E-state index in [2.05, 4.69) is 15.5 Å². The zero-order chi connectivity index (χ0) is 19.5. The first-order chi connectivity index (χ1) is 13.6. The van der Waals surface area contributed by atoms with E-state index in [1.165, 1.54) is 36.8 Å². The van der Waals surface area contributed by atoms with Crippen molar-refractivity contribution in [1.82, 2.24) is 4.98 Å². The molecule has 28 heavy (non-hydrogen) atoms. The number of hydrazone groups is 1. The molecule has 0 aliphatic rings. The highest BCUT2D eigenvalue weighted by atomic mass is 32.1. The minimum absolute atomic E-state index is 0.0472. The molecular weight excluding hydrogens is 380 g/mol. The maximum atomic E-state index is 10.9. The Labute approximate surface area is 163 Å². The first kappa shape index (κ1) is 17.7. The fourth-order valence-electron chi connectivity index (χ4n) is 2.64. The van der Waals surface area contributed by atoms with Gasteiger partial charge in [0.2, 0.25) is 5.13 Å². The predicted octanol–water partition coefficient (Wildman–Crippen LogP) is 4.92. The lowest BCUT2D eigenvalue weighted by molar-refractivity contribution is -0.384. The molecule has 0 aliphatic heterocycles. The molecule has 4 aromatic rings. The van der Waals surface area contributed by atoms with Gasteiger partial charge in [-0.05, 0) is 30.3 Å². The van der Waals surface area contributed by atoms with Crippen LogP contribution in [0.3, 0.4) is 0 Å². The van der Waals surface area contributed by atoms with E-state index in [9.17, 15) is 10.1 Å². The number of nitrogens with zero attached hydrogens (tertiary/aromatic N) is 3. The first-order valence-electron chi connectivity index (χ1n) is 8.21. The van der Waals surface area contributed by atoms with Crippen molar-refractivity contribution in [3.8, 4) is 17.1 Å². The van der Waals surface area contributed by atoms with Crippen LogP contribution in [0.4, 0.5) is 10.8 Å². The molecule has 8 nitrogen and oxygen atoms in total. The fourth-order valence-corrected chi connectivity index (χ4v) is 3.45. The molecule has 0 spiro atoms. The third-order valence-corrected chi connectivity index (χ3v) is 4.88. The van der Waals surface area contributed by atoms with Gasteiger partial charge in [0.1, 0.15) is 17.3 Å². The lowest BCUT2D eigenvalue weighted by Gasteiger charge is -2.05. The summed E-state index contributed by atoms with van der Waals surface area (Å²) in [6.07, 6.45) is 1.54. The molecule has 2 heterocycles. The maximum Gasteiger partial charge on any atom is 0.273 e. The average Bonchev–Trinajstić information content (AvgIpc) is 3.34. The van der Waals surface area contributed by atoms with Gasteiger partial charge in [-0.25, -0.2) is 4.98 Å². The van der Waals surface area contributed by atoms with Crippen molar-refractivity contribution in [2.45, 2.75) is 0 Å². The highest BCUT2D eigenvalue weighted by Crippen LogP contribution is 2.34. The Morgan fingerprint density at radius 2 is 2.11 bits per heavy atom. The molecule has 4 rings (SSSR count). The van der Waals surface area contributed by atoms with Gasteiger partial charge in [-0.2, -0.15) is 5.10 Å². The van der Waals surface area contributed by atoms with Gasteiger partial charge < -0.3 is 9.15 Å². The number of methoxy groups -OCH3 is 1. The first-order valence-corrected chi connectivity index (χ1v) is 9.03. The number of thiazole rings is 1. The molecule has 0 fully saturated rings. The molecule has 0 amide bonds. The van der Waals surface area contributed by atoms with Gasteiger partial charge in [-0.3, -0.25) is 15.5 Å². The highest BCUT2D eigenvalue weighted by molar-refractivity contribution is 7.22. The Hall–Kier alpha value is -3.72. The Kier molecular flexibility index (Phi) is 4.73. The molecular formula is C19H14N4O4S. The number of benzene rings is 2. The minimum atomic E-state index is -0.472. The summed E-state index contributed by atoms with van der Waals surface area (Å²) < 4.78 is 12.1. The SMILES string of the molecule is COc1cc([N+](=O)[O-])ccc1-c1ccc(/C=N/Nc2nc3ccccc3s2)o1. The molecule has 0 radical (unpaired) electrons. The van der Waals surface area contributed by atoms with E-state index in [-0.39, 0.29) is 5.69 Å². The van der Waals surface area contributed by atoms with Crippen molar-refractivity contribution < 1.29 is 14.1 Å². The fraction of sp³-hybridized carbons (Fsp3) is 0.0526. The van der Waals surface area contributed by atoms with Crippen LogP contribution in [0.2, 0.25) is 0 Å². The number of rotatable bonds is 6. The predicted molar refractivity (Wildman–Crippen MR) is 108 cm³/mol. The Bertz CT molecular complexity index is 1150. The third-order valence-electron chi connectivity index (χ3n) is 3.93. The number of para-hydroxylation sites is 1. The van der Waals surface area contributed by atoms with Gasteiger partial charge in [0.05, 0.1) is 40.1 Å². The van der Waals surface area contributed by atoms with Crippen LogP contribution in [-0.2, 0) is 0 Å². The quantitative estimate of drug-likeness (QED) is 0.283. The summed E-state index contributed by atoms with van der Waals surface area (Å²) in [6, 6.07) is 15.7. The summed E-state index contributed by atoms with van der Waals surface area (Å²) in [5, 5.41) is 15.7. The monoisotopic (exact) mass is 394 g/mol. The number of fused-ring (bicyclic) bond motifs is 1. The summed E-state index contributed by atoms with van der Waals surface area (Å²) >= 11 is 1.50. The number of hydrogen-bond donors (Lipinski definition) is 1. The molecule has 1 N–H and O–H groups in total. The second-order valence-electron chi connectivity index (χ2n) is 5.70. The smallest absolute Gasteiger partial charge is 0.273 e. The van der Waals surface area contributed by atoms with Crippen LogP contribution in [-0.4, -0.2) is 23.2 Å². The normalized spacial score (nSPS) is 11.2. The van der Waals surface area contributed by atoms with Crippen LogP contribution in [0.25, 0.3) is 21.5 Å². The summed E-state index contributed by atoms with van der Waals surface area (Å²) in [6.45, 7) is 0. The summed E-state index contributed by atoms with van der Waals surface area (Å²) in [5.41, 5.74) is 4.37. The van der Waals surface area contributed by atoms with Crippen LogP contribution in [0.5, 0.6) is 5.75 Å². The van der Waals surface area contributed by atoms with Crippen molar-refractivity contribution in [2.75, 3.05) is 12.5 Å². The van der Waals surface area contributed by atoms with Crippen LogP contribution in [0.1, 0.15) is 5.76 Å². The van der Waals surface area contributed by atoms with Gasteiger partial charge in [0.15, 0.2) is 0 Å². The van der Waals surface area contributed by atoms with Crippen LogP contribution >= 0.6 is 11.3 Å². The number of nitro groups is 1. The van der Waals surface area contributed by atoms with Crippen LogP contribution in [0.15, 0.2) is 64.1 Å². The van der Waals surface area contributed by atoms with Crippen molar-refractivity contribution in [3.05, 3.63) is 70.5 Å². The van der Waals surface area contributed by atoms with Crippen LogP contribution < -0.4 is 10.2 Å². The van der Waals surface area contributed by atoms with E-state index in [0.29, 0.717) is 28.0 Å². The van der Waals surface area contributed by atoms with E-state index < -0.39 is 4.92 Å². The minimum Gasteiger partial charge on any atom is -0.496 e. The number of nitrogens with one attached hydrogen (secondary N) is 1. The average molecular weight is 394 g/mol. The summed E-state index contributed by atoms with van der Waals surface area (Å²) in [4.78, 5) is 14.9. The number of aromatic nitrogens is 1. The number of furan rings is 1. The molecule has 0 saturated heterocycles. The van der Waals surface area contributed by atoms with Gasteiger partial charge in [-0.1, -0.05) is 23.5 Å². The maximum absolute atomic E-state index is 10.9. The van der Waals surface area contributed by atoms with Gasteiger partial charge in [0.25, 0.3) is 5.69 Å². The molecule has 140 valence electrons. The highest BCUT2D eigenvalue weighted by Gasteiger charge is 2.15. The van der Waals surface area contributed by atoms with Gasteiger partial charge >= 0.3 is 0 Å². The van der Waals surface area contributed by atoms with Gasteiger partial charge in [-0.15, -0.1) is 0 Å². The van der Waals surface area contributed by atoms with E-state index in [1.54, 1.807) is 18.2 Å². The van der Waals surface area contributed by atoms with E-state index in [4.69, 9.17) is 9.15 Å². The van der Waals surface area contributed by atoms with Crippen LogP contribution in [0, 0.1) is 10.1 Å². The summed E-state index contributed by atoms with van der Waals surface area (Å²) in [7, 11) is 1.45. The Morgan fingerprint density at radius 3 is 2.89 bits per heavy atom. The molecule has 0 atom stereocenters. The lowest BCUT2D eigenvalue weighted by atomic mass is 10.1. The van der Waals surface area contributed by atoms with Crippen molar-refractivity contribution in [3.63, 3.8) is 0 Å². The molecule has 9 heteroatoms. The zero-order valence-corrected chi connectivity index (χ0v) is 15.5. The van der Waals surface area contributed by atoms with E-state index >= 15 is 0 Å². The number of anilines is 1. The zero-order valence-electron chi connectivity index (χ0n) is 14.7. The third kappa shape index (κ3) is 3.55. The summed E-state index contributed by atoms with van der Waals surface area (Å²) in [5.74, 6) is 1.40. The number of hydrogen-bond acceptors (Lipinski definition) is 8. The molecule has 0 bridgehead atoms. The largest absolute Gasteiger partial charge is 0.496 e. The standard InChI is InChI=1S/C19H14N4O4S/c1-26-17-10-12(23(24)25)6-8-14(17)16-9-7-13(27-16)11-20-22-19-21-15-4-2-3-5-18(15)28-19/h2-11H,1H3,(H,21,22)/b20-11+. The second kappa shape index (κ2) is 7.49. The molecule has 2 aromatic heterocycles. The van der Waals surface area contributed by atoms with Gasteiger partial charge in [0, 0.05) is 6.07 Å². The number of non-ortho nitro benzene ring substituents is 1. The van der Waals surface area contributed by atoms with Crippen molar-refractivity contribution >= 4 is 38.6 Å². The number of nitro benzene ring substituents is 1. The molecule has 0 saturated carbocycles. The molecule has 0 unspecified atom stereocenters. The van der Waals surface area contributed by atoms with Crippen molar-refractivity contribution in [1.29, 1.82) is 0 Å². The lowest BCUT2D eigenvalue weighted by Crippen LogP contribution is -1.92. The molecule has 2 aromatic carbocycles. The number of ether oxygens (including phenoxy) is 1. The second-order valence-corrected chi connectivity index (χ2v) is 6.73. The Balaban J connectivity index is 1.51.